The third kappa shape index (κ3) is 4.58. The molecule has 1 aromatic carbocycles. The first kappa shape index (κ1) is 16.6. The quantitative estimate of drug-likeness (QED) is 0.828. The van der Waals surface area contributed by atoms with Crippen LogP contribution in [0.3, 0.4) is 0 Å². The molecule has 0 saturated heterocycles. The first-order valence-electron chi connectivity index (χ1n) is 6.81. The number of halogens is 1. The summed E-state index contributed by atoms with van der Waals surface area (Å²) in [6.07, 6.45) is 0.659. The molecule has 20 heavy (non-hydrogen) atoms. The molecule has 0 radical (unpaired) electrons. The summed E-state index contributed by atoms with van der Waals surface area (Å²) >= 11 is 0. The number of likely N-dealkylation sites (N-methyl/N-ethyl adjacent to an activating group) is 1. The standard InChI is InChI=1S/C15H24FN3O/c1-10(2)18-15(20)13-6-5-11(8-14(13)16)7-12(9-17)19(3)4/h5-6,8,10,12H,7,9,17H2,1-4H3,(H,18,20)/t12-/m0/s1. The van der Waals surface area contributed by atoms with E-state index in [0.717, 1.165) is 5.56 Å². The highest BCUT2D eigenvalue weighted by molar-refractivity contribution is 5.94. The van der Waals surface area contributed by atoms with Crippen LogP contribution in [0.25, 0.3) is 0 Å². The third-order valence-corrected chi connectivity index (χ3v) is 3.17. The van der Waals surface area contributed by atoms with Crippen molar-refractivity contribution in [3.05, 3.63) is 35.1 Å². The zero-order valence-corrected chi connectivity index (χ0v) is 12.6. The fraction of sp³-hybridized carbons (Fsp3) is 0.533. The van der Waals surface area contributed by atoms with Gasteiger partial charge in [0.25, 0.3) is 5.91 Å². The number of benzene rings is 1. The van der Waals surface area contributed by atoms with Crippen LogP contribution in [0, 0.1) is 5.82 Å². The van der Waals surface area contributed by atoms with Gasteiger partial charge in [0.05, 0.1) is 5.56 Å². The summed E-state index contributed by atoms with van der Waals surface area (Å²) in [6.45, 7) is 4.18. The average Bonchev–Trinajstić information content (AvgIpc) is 2.34. The lowest BCUT2D eigenvalue weighted by atomic mass is 10.0. The van der Waals surface area contributed by atoms with E-state index in [-0.39, 0.29) is 23.6 Å². The van der Waals surface area contributed by atoms with E-state index in [9.17, 15) is 9.18 Å². The number of carbonyl (C=O) groups is 1. The van der Waals surface area contributed by atoms with Crippen LogP contribution in [0.5, 0.6) is 0 Å². The van der Waals surface area contributed by atoms with Gasteiger partial charge in [0.15, 0.2) is 0 Å². The van der Waals surface area contributed by atoms with Crippen molar-refractivity contribution in [1.29, 1.82) is 0 Å². The number of hydrogen-bond acceptors (Lipinski definition) is 3. The number of nitrogens with one attached hydrogen (secondary N) is 1. The summed E-state index contributed by atoms with van der Waals surface area (Å²) in [5.74, 6) is -0.873. The van der Waals surface area contributed by atoms with E-state index in [2.05, 4.69) is 5.32 Å². The van der Waals surface area contributed by atoms with Gasteiger partial charge < -0.3 is 16.0 Å². The van der Waals surface area contributed by atoms with E-state index in [1.807, 2.05) is 32.8 Å². The highest BCUT2D eigenvalue weighted by Crippen LogP contribution is 2.13. The Morgan fingerprint density at radius 3 is 2.50 bits per heavy atom. The Morgan fingerprint density at radius 2 is 2.05 bits per heavy atom. The summed E-state index contributed by atoms with van der Waals surface area (Å²) in [5.41, 5.74) is 6.61. The lowest BCUT2D eigenvalue weighted by Gasteiger charge is -2.22. The molecule has 5 heteroatoms. The minimum Gasteiger partial charge on any atom is -0.350 e. The number of nitrogens with zero attached hydrogens (tertiary/aromatic N) is 1. The largest absolute Gasteiger partial charge is 0.350 e. The van der Waals surface area contributed by atoms with Crippen molar-refractivity contribution < 1.29 is 9.18 Å². The second kappa shape index (κ2) is 7.36. The zero-order chi connectivity index (χ0) is 15.3. The number of carbonyl (C=O) groups excluding carboxylic acids is 1. The smallest absolute Gasteiger partial charge is 0.254 e. The molecule has 0 spiro atoms. The molecule has 1 rings (SSSR count). The molecule has 4 nitrogen and oxygen atoms in total. The molecule has 0 saturated carbocycles. The molecule has 112 valence electrons. The summed E-state index contributed by atoms with van der Waals surface area (Å²) in [4.78, 5) is 13.8. The molecule has 0 aliphatic rings. The van der Waals surface area contributed by atoms with Crippen LogP contribution in [0.4, 0.5) is 4.39 Å². The van der Waals surface area contributed by atoms with Crippen LogP contribution in [0.15, 0.2) is 18.2 Å². The van der Waals surface area contributed by atoms with Gasteiger partial charge in [0.1, 0.15) is 5.82 Å². The Labute approximate surface area is 120 Å². The minimum atomic E-state index is -0.491. The number of rotatable bonds is 6. The van der Waals surface area contributed by atoms with Crippen molar-refractivity contribution in [2.24, 2.45) is 5.73 Å². The van der Waals surface area contributed by atoms with E-state index in [4.69, 9.17) is 5.73 Å². The maximum absolute atomic E-state index is 14.0. The predicted molar refractivity (Wildman–Crippen MR) is 79.2 cm³/mol. The van der Waals surface area contributed by atoms with Crippen molar-refractivity contribution >= 4 is 5.91 Å². The van der Waals surface area contributed by atoms with E-state index in [1.54, 1.807) is 6.07 Å². The first-order chi connectivity index (χ1) is 9.35. The highest BCUT2D eigenvalue weighted by Gasteiger charge is 2.15. The molecule has 0 unspecified atom stereocenters. The van der Waals surface area contributed by atoms with Crippen molar-refractivity contribution in [1.82, 2.24) is 10.2 Å². The fourth-order valence-corrected chi connectivity index (χ4v) is 1.96. The molecule has 0 bridgehead atoms. The van der Waals surface area contributed by atoms with Gasteiger partial charge >= 0.3 is 0 Å². The number of nitrogens with two attached hydrogens (primary N) is 1. The van der Waals surface area contributed by atoms with Gasteiger partial charge in [-0.2, -0.15) is 0 Å². The molecule has 1 aromatic rings. The van der Waals surface area contributed by atoms with Crippen molar-refractivity contribution in [2.75, 3.05) is 20.6 Å². The van der Waals surface area contributed by atoms with E-state index < -0.39 is 5.82 Å². The topological polar surface area (TPSA) is 58.4 Å². The summed E-state index contributed by atoms with van der Waals surface area (Å²) in [5, 5.41) is 2.68. The second-order valence-corrected chi connectivity index (χ2v) is 5.50. The Bertz CT molecular complexity index is 460. The Kier molecular flexibility index (Phi) is 6.10. The third-order valence-electron chi connectivity index (χ3n) is 3.17. The van der Waals surface area contributed by atoms with Crippen LogP contribution in [-0.4, -0.2) is 43.5 Å². The van der Waals surface area contributed by atoms with Crippen molar-refractivity contribution in [2.45, 2.75) is 32.4 Å². The molecule has 0 heterocycles. The van der Waals surface area contributed by atoms with Crippen LogP contribution in [0.1, 0.15) is 29.8 Å². The lowest BCUT2D eigenvalue weighted by molar-refractivity contribution is 0.0939. The minimum absolute atomic E-state index is 0.0167. The molecule has 0 aliphatic heterocycles. The lowest BCUT2D eigenvalue weighted by Crippen LogP contribution is -2.37. The van der Waals surface area contributed by atoms with Gasteiger partial charge in [-0.1, -0.05) is 6.07 Å². The van der Waals surface area contributed by atoms with Gasteiger partial charge in [0, 0.05) is 18.6 Å². The normalized spacial score (nSPS) is 12.8. The number of hydrogen-bond donors (Lipinski definition) is 2. The van der Waals surface area contributed by atoms with Gasteiger partial charge in [0.2, 0.25) is 0 Å². The molecule has 1 atom stereocenters. The van der Waals surface area contributed by atoms with Gasteiger partial charge in [-0.25, -0.2) is 4.39 Å². The van der Waals surface area contributed by atoms with Gasteiger partial charge in [-0.05, 0) is 52.1 Å². The average molecular weight is 281 g/mol. The number of amides is 1. The van der Waals surface area contributed by atoms with E-state index in [0.29, 0.717) is 13.0 Å². The molecule has 3 N–H and O–H groups in total. The maximum atomic E-state index is 14.0. The van der Waals surface area contributed by atoms with Crippen LogP contribution in [0.2, 0.25) is 0 Å². The molecule has 0 aliphatic carbocycles. The molecular weight excluding hydrogens is 257 g/mol. The Hall–Kier alpha value is -1.46. The molecule has 0 fully saturated rings. The molecular formula is C15H24FN3O. The SMILES string of the molecule is CC(C)NC(=O)c1ccc(C[C@@H](CN)N(C)C)cc1F. The maximum Gasteiger partial charge on any atom is 0.254 e. The van der Waals surface area contributed by atoms with E-state index >= 15 is 0 Å². The van der Waals surface area contributed by atoms with Crippen LogP contribution < -0.4 is 11.1 Å². The van der Waals surface area contributed by atoms with Crippen LogP contribution in [-0.2, 0) is 6.42 Å². The predicted octanol–water partition coefficient (Wildman–Crippen LogP) is 1.40. The van der Waals surface area contributed by atoms with Crippen molar-refractivity contribution in [3.63, 3.8) is 0 Å². The van der Waals surface area contributed by atoms with Gasteiger partial charge in [-0.15, -0.1) is 0 Å². The van der Waals surface area contributed by atoms with Crippen molar-refractivity contribution in [3.8, 4) is 0 Å². The monoisotopic (exact) mass is 281 g/mol. The highest BCUT2D eigenvalue weighted by atomic mass is 19.1. The summed E-state index contributed by atoms with van der Waals surface area (Å²) in [7, 11) is 3.89. The second-order valence-electron chi connectivity index (χ2n) is 5.50. The van der Waals surface area contributed by atoms with Gasteiger partial charge in [-0.3, -0.25) is 4.79 Å². The molecule has 1 amide bonds. The Balaban J connectivity index is 2.85. The van der Waals surface area contributed by atoms with E-state index in [1.165, 1.54) is 12.1 Å². The zero-order valence-electron chi connectivity index (χ0n) is 12.6. The van der Waals surface area contributed by atoms with Crippen LogP contribution >= 0.6 is 0 Å². The fourth-order valence-electron chi connectivity index (χ4n) is 1.96. The Morgan fingerprint density at radius 1 is 1.40 bits per heavy atom. The molecule has 0 aromatic heterocycles. The summed E-state index contributed by atoms with van der Waals surface area (Å²) < 4.78 is 14.0. The summed E-state index contributed by atoms with van der Waals surface area (Å²) in [6, 6.07) is 4.87. The first-order valence-corrected chi connectivity index (χ1v) is 6.81.